The molecule has 0 fully saturated rings. The smallest absolute Gasteiger partial charge is 0.214 e. The molecule has 1 aromatic heterocycles. The summed E-state index contributed by atoms with van der Waals surface area (Å²) in [5, 5.41) is 0. The molecule has 0 bridgehead atoms. The van der Waals surface area contributed by atoms with Crippen molar-refractivity contribution < 1.29 is 4.79 Å². The van der Waals surface area contributed by atoms with Gasteiger partial charge in [0.25, 0.3) is 0 Å². The van der Waals surface area contributed by atoms with Crippen LogP contribution in [-0.2, 0) is 4.79 Å². The van der Waals surface area contributed by atoms with E-state index in [4.69, 9.17) is 0 Å². The summed E-state index contributed by atoms with van der Waals surface area (Å²) in [6, 6.07) is 3.89. The minimum absolute atomic E-state index is 0.333. The highest BCUT2D eigenvalue weighted by Gasteiger charge is 1.61. The SMILES string of the molecule is CC(N)=O.c1cc[nH]c1. The van der Waals surface area contributed by atoms with Gasteiger partial charge in [0.05, 0.1) is 0 Å². The van der Waals surface area contributed by atoms with E-state index in [9.17, 15) is 4.79 Å². The number of nitrogens with one attached hydrogen (secondary N) is 1. The first-order valence-electron chi connectivity index (χ1n) is 2.57. The van der Waals surface area contributed by atoms with Gasteiger partial charge in [-0.15, -0.1) is 0 Å². The monoisotopic (exact) mass is 126 g/mol. The molecule has 0 saturated heterocycles. The van der Waals surface area contributed by atoms with Gasteiger partial charge in [-0.25, -0.2) is 0 Å². The maximum atomic E-state index is 9.22. The van der Waals surface area contributed by atoms with Gasteiger partial charge >= 0.3 is 0 Å². The van der Waals surface area contributed by atoms with Crippen LogP contribution in [0.25, 0.3) is 0 Å². The fraction of sp³-hybridized carbons (Fsp3) is 0.167. The number of amides is 1. The second kappa shape index (κ2) is 4.90. The number of aromatic nitrogens is 1. The lowest BCUT2D eigenvalue weighted by atomic mass is 10.7. The van der Waals surface area contributed by atoms with Crippen LogP contribution in [0.5, 0.6) is 0 Å². The van der Waals surface area contributed by atoms with Gasteiger partial charge in [0.2, 0.25) is 5.91 Å². The highest BCUT2D eigenvalue weighted by molar-refractivity contribution is 5.70. The minimum atomic E-state index is -0.333. The Hall–Kier alpha value is -1.25. The lowest BCUT2D eigenvalue weighted by molar-refractivity contribution is -0.115. The molecular weight excluding hydrogens is 116 g/mol. The van der Waals surface area contributed by atoms with E-state index in [1.54, 1.807) is 0 Å². The predicted molar refractivity (Wildman–Crippen MR) is 35.7 cm³/mol. The lowest BCUT2D eigenvalue weighted by Gasteiger charge is -1.60. The largest absolute Gasteiger partial charge is 0.370 e. The molecular formula is C6H10N2O. The first kappa shape index (κ1) is 7.75. The van der Waals surface area contributed by atoms with Gasteiger partial charge in [-0.3, -0.25) is 4.79 Å². The van der Waals surface area contributed by atoms with Gasteiger partial charge in [0, 0.05) is 19.3 Å². The zero-order valence-electron chi connectivity index (χ0n) is 5.29. The molecule has 1 heterocycles. The predicted octanol–water partition coefficient (Wildman–Crippen LogP) is 0.506. The Balaban J connectivity index is 0.000000148. The Labute approximate surface area is 53.9 Å². The van der Waals surface area contributed by atoms with E-state index in [1.165, 1.54) is 6.92 Å². The van der Waals surface area contributed by atoms with Crippen LogP contribution in [0.15, 0.2) is 24.5 Å². The molecule has 0 spiro atoms. The second-order valence-corrected chi connectivity index (χ2v) is 1.50. The van der Waals surface area contributed by atoms with E-state index in [1.807, 2.05) is 24.5 Å². The zero-order valence-corrected chi connectivity index (χ0v) is 5.29. The highest BCUT2D eigenvalue weighted by atomic mass is 16.1. The minimum Gasteiger partial charge on any atom is -0.370 e. The molecule has 3 heteroatoms. The maximum absolute atomic E-state index is 9.22. The zero-order chi connectivity index (χ0) is 7.11. The van der Waals surface area contributed by atoms with Crippen LogP contribution in [0.1, 0.15) is 6.92 Å². The van der Waals surface area contributed by atoms with Crippen LogP contribution >= 0.6 is 0 Å². The molecule has 0 atom stereocenters. The quantitative estimate of drug-likeness (QED) is 0.522. The molecule has 0 radical (unpaired) electrons. The van der Waals surface area contributed by atoms with Gasteiger partial charge in [-0.05, 0) is 12.1 Å². The van der Waals surface area contributed by atoms with Gasteiger partial charge < -0.3 is 10.7 Å². The summed E-state index contributed by atoms with van der Waals surface area (Å²) in [5.41, 5.74) is 4.47. The van der Waals surface area contributed by atoms with E-state index < -0.39 is 0 Å². The van der Waals surface area contributed by atoms with Gasteiger partial charge in [-0.2, -0.15) is 0 Å². The highest BCUT2D eigenvalue weighted by Crippen LogP contribution is 1.72. The number of nitrogens with two attached hydrogens (primary N) is 1. The summed E-state index contributed by atoms with van der Waals surface area (Å²) in [6.07, 6.45) is 3.75. The maximum Gasteiger partial charge on any atom is 0.214 e. The molecule has 1 rings (SSSR count). The number of hydrogen-bond acceptors (Lipinski definition) is 1. The molecule has 0 unspecified atom stereocenters. The lowest BCUT2D eigenvalue weighted by Crippen LogP contribution is -2.01. The summed E-state index contributed by atoms with van der Waals surface area (Å²) >= 11 is 0. The summed E-state index contributed by atoms with van der Waals surface area (Å²) in [7, 11) is 0. The Kier molecular flexibility index (Phi) is 4.22. The fourth-order valence-electron chi connectivity index (χ4n) is 0.278. The van der Waals surface area contributed by atoms with E-state index in [0.717, 1.165) is 0 Å². The van der Waals surface area contributed by atoms with Crippen molar-refractivity contribution in [2.45, 2.75) is 6.92 Å². The van der Waals surface area contributed by atoms with E-state index in [-0.39, 0.29) is 5.91 Å². The van der Waals surface area contributed by atoms with Gasteiger partial charge in [-0.1, -0.05) is 0 Å². The molecule has 0 aromatic carbocycles. The Morgan fingerprint density at radius 2 is 1.78 bits per heavy atom. The van der Waals surface area contributed by atoms with Crippen LogP contribution in [-0.4, -0.2) is 10.9 Å². The number of carbonyl (C=O) groups excluding carboxylic acids is 1. The standard InChI is InChI=1S/C4H5N.C2H5NO/c1-2-4-5-3-1;1-2(3)4/h1-5H;1H3,(H2,3,4). The summed E-state index contributed by atoms with van der Waals surface area (Å²) in [5.74, 6) is -0.333. The van der Waals surface area contributed by atoms with Crippen molar-refractivity contribution in [1.29, 1.82) is 0 Å². The number of hydrogen-bond donors (Lipinski definition) is 2. The number of carbonyl (C=O) groups is 1. The van der Waals surface area contributed by atoms with Crippen molar-refractivity contribution in [2.75, 3.05) is 0 Å². The van der Waals surface area contributed by atoms with Crippen LogP contribution in [0.3, 0.4) is 0 Å². The first-order chi connectivity index (χ1) is 4.23. The van der Waals surface area contributed by atoms with Gasteiger partial charge in [0.15, 0.2) is 0 Å². The van der Waals surface area contributed by atoms with Crippen LogP contribution in [0.4, 0.5) is 0 Å². The normalized spacial score (nSPS) is 7.22. The van der Waals surface area contributed by atoms with Crippen molar-refractivity contribution >= 4 is 5.91 Å². The molecule has 0 saturated carbocycles. The number of primary amides is 1. The van der Waals surface area contributed by atoms with Crippen LogP contribution in [0, 0.1) is 0 Å². The average molecular weight is 126 g/mol. The second-order valence-electron chi connectivity index (χ2n) is 1.50. The molecule has 50 valence electrons. The Morgan fingerprint density at radius 1 is 1.44 bits per heavy atom. The molecule has 0 aliphatic rings. The molecule has 0 aliphatic heterocycles. The topological polar surface area (TPSA) is 58.9 Å². The molecule has 0 aliphatic carbocycles. The third kappa shape index (κ3) is 10.8. The number of H-pyrrole nitrogens is 1. The molecule has 3 N–H and O–H groups in total. The number of aromatic amines is 1. The van der Waals surface area contributed by atoms with Crippen LogP contribution in [0.2, 0.25) is 0 Å². The van der Waals surface area contributed by atoms with Crippen molar-refractivity contribution in [3.8, 4) is 0 Å². The Morgan fingerprint density at radius 3 is 1.89 bits per heavy atom. The molecule has 1 aromatic rings. The van der Waals surface area contributed by atoms with Crippen LogP contribution < -0.4 is 5.73 Å². The van der Waals surface area contributed by atoms with Crippen molar-refractivity contribution in [3.63, 3.8) is 0 Å². The van der Waals surface area contributed by atoms with Gasteiger partial charge in [0.1, 0.15) is 0 Å². The third-order valence-corrected chi connectivity index (χ3v) is 0.496. The number of rotatable bonds is 0. The Bertz CT molecular complexity index is 125. The first-order valence-corrected chi connectivity index (χ1v) is 2.57. The summed E-state index contributed by atoms with van der Waals surface area (Å²) in [6.45, 7) is 1.31. The van der Waals surface area contributed by atoms with Crippen molar-refractivity contribution in [2.24, 2.45) is 5.73 Å². The average Bonchev–Trinajstić information content (AvgIpc) is 2.11. The fourth-order valence-corrected chi connectivity index (χ4v) is 0.278. The van der Waals surface area contributed by atoms with Crippen molar-refractivity contribution in [1.82, 2.24) is 4.98 Å². The molecule has 1 amide bonds. The summed E-state index contributed by atoms with van der Waals surface area (Å²) < 4.78 is 0. The van der Waals surface area contributed by atoms with Crippen molar-refractivity contribution in [3.05, 3.63) is 24.5 Å². The van der Waals surface area contributed by atoms with E-state index >= 15 is 0 Å². The third-order valence-electron chi connectivity index (χ3n) is 0.496. The molecule has 3 nitrogen and oxygen atoms in total. The van der Waals surface area contributed by atoms with E-state index in [0.29, 0.717) is 0 Å². The van der Waals surface area contributed by atoms with E-state index in [2.05, 4.69) is 10.7 Å². The molecule has 9 heavy (non-hydrogen) atoms. The summed E-state index contributed by atoms with van der Waals surface area (Å²) in [4.78, 5) is 12.1.